The van der Waals surface area contributed by atoms with Gasteiger partial charge in [-0.15, -0.1) is 12.4 Å². The minimum absolute atomic E-state index is 0. The Kier molecular flexibility index (Phi) is 8.90. The minimum Gasteiger partial charge on any atom is -0.355 e. The number of rotatable bonds is 5. The maximum atomic E-state index is 12.3. The van der Waals surface area contributed by atoms with E-state index in [1.54, 1.807) is 0 Å². The first-order valence-corrected chi connectivity index (χ1v) is 7.64. The normalized spacial score (nSPS) is 18.9. The third kappa shape index (κ3) is 6.66. The van der Waals surface area contributed by atoms with Gasteiger partial charge >= 0.3 is 0 Å². The number of hydrogen-bond donors (Lipinski definition) is 2. The van der Waals surface area contributed by atoms with E-state index in [0.717, 1.165) is 32.5 Å². The van der Waals surface area contributed by atoms with Gasteiger partial charge in [-0.25, -0.2) is 0 Å². The maximum Gasteiger partial charge on any atom is 0.227 e. The molecule has 1 heterocycles. The van der Waals surface area contributed by atoms with Crippen LogP contribution in [0.5, 0.6) is 0 Å². The molecule has 0 spiro atoms. The molecule has 1 aliphatic heterocycles. The molecular formula is C15H30ClN3O2. The molecule has 0 radical (unpaired) electrons. The summed E-state index contributed by atoms with van der Waals surface area (Å²) >= 11 is 0. The predicted octanol–water partition coefficient (Wildman–Crippen LogP) is 1.42. The molecule has 1 aliphatic rings. The predicted molar refractivity (Wildman–Crippen MR) is 87.6 cm³/mol. The summed E-state index contributed by atoms with van der Waals surface area (Å²) in [5.74, 6) is 0.161. The summed E-state index contributed by atoms with van der Waals surface area (Å²) in [4.78, 5) is 26.2. The summed E-state index contributed by atoms with van der Waals surface area (Å²) in [6, 6.07) is 0. The van der Waals surface area contributed by atoms with Crippen LogP contribution in [0.15, 0.2) is 0 Å². The monoisotopic (exact) mass is 319 g/mol. The Bertz CT molecular complexity index is 342. The van der Waals surface area contributed by atoms with Gasteiger partial charge in [0.25, 0.3) is 0 Å². The highest BCUT2D eigenvalue weighted by Crippen LogP contribution is 2.23. The topological polar surface area (TPSA) is 61.4 Å². The fourth-order valence-corrected chi connectivity index (χ4v) is 2.45. The molecule has 1 saturated heterocycles. The van der Waals surface area contributed by atoms with E-state index in [1.165, 1.54) is 0 Å². The van der Waals surface area contributed by atoms with E-state index in [1.807, 2.05) is 32.6 Å². The third-order valence-electron chi connectivity index (χ3n) is 3.57. The zero-order chi connectivity index (χ0) is 15.2. The summed E-state index contributed by atoms with van der Waals surface area (Å²) in [5, 5.41) is 6.12. The molecule has 0 aliphatic carbocycles. The highest BCUT2D eigenvalue weighted by atomic mass is 35.5. The van der Waals surface area contributed by atoms with Gasteiger partial charge in [0.2, 0.25) is 11.8 Å². The van der Waals surface area contributed by atoms with Crippen molar-refractivity contribution in [1.29, 1.82) is 0 Å². The molecule has 2 N–H and O–H groups in total. The molecule has 0 saturated carbocycles. The second-order valence-electron chi connectivity index (χ2n) is 6.48. The van der Waals surface area contributed by atoms with Crippen LogP contribution in [0.4, 0.5) is 0 Å². The maximum absolute atomic E-state index is 12.3. The van der Waals surface area contributed by atoms with Crippen LogP contribution in [0, 0.1) is 11.3 Å². The molecule has 1 fully saturated rings. The second-order valence-corrected chi connectivity index (χ2v) is 6.48. The van der Waals surface area contributed by atoms with Crippen LogP contribution in [0.25, 0.3) is 0 Å². The van der Waals surface area contributed by atoms with Crippen molar-refractivity contribution < 1.29 is 9.59 Å². The van der Waals surface area contributed by atoms with Crippen molar-refractivity contribution in [1.82, 2.24) is 15.5 Å². The first-order chi connectivity index (χ1) is 9.36. The molecule has 1 rings (SSSR count). The van der Waals surface area contributed by atoms with Crippen molar-refractivity contribution in [2.75, 3.05) is 32.7 Å². The summed E-state index contributed by atoms with van der Waals surface area (Å²) in [7, 11) is 0. The van der Waals surface area contributed by atoms with Crippen LogP contribution in [-0.4, -0.2) is 49.4 Å². The van der Waals surface area contributed by atoms with Gasteiger partial charge in [0, 0.05) is 31.6 Å². The van der Waals surface area contributed by atoms with E-state index in [4.69, 9.17) is 0 Å². The number of nitrogens with one attached hydrogen (secondary N) is 2. The van der Waals surface area contributed by atoms with Crippen molar-refractivity contribution in [3.05, 3.63) is 0 Å². The van der Waals surface area contributed by atoms with Gasteiger partial charge in [-0.1, -0.05) is 27.7 Å². The summed E-state index contributed by atoms with van der Waals surface area (Å²) in [6.45, 7) is 11.5. The SMILES string of the molecule is CCNCCNC(=O)C1CCCN(C(=O)C(C)(C)C)C1.Cl. The quantitative estimate of drug-likeness (QED) is 0.753. The Morgan fingerprint density at radius 2 is 1.90 bits per heavy atom. The van der Waals surface area contributed by atoms with E-state index in [2.05, 4.69) is 10.6 Å². The Morgan fingerprint density at radius 3 is 2.48 bits per heavy atom. The fourth-order valence-electron chi connectivity index (χ4n) is 2.45. The van der Waals surface area contributed by atoms with Gasteiger partial charge in [-0.2, -0.15) is 0 Å². The number of halogens is 1. The number of amides is 2. The molecule has 1 atom stereocenters. The second kappa shape index (κ2) is 9.26. The molecule has 124 valence electrons. The molecule has 0 aromatic carbocycles. The summed E-state index contributed by atoms with van der Waals surface area (Å²) in [6.07, 6.45) is 1.79. The number of nitrogens with zero attached hydrogens (tertiary/aromatic N) is 1. The first kappa shape index (κ1) is 20.2. The van der Waals surface area contributed by atoms with Crippen LogP contribution in [0.3, 0.4) is 0 Å². The molecule has 21 heavy (non-hydrogen) atoms. The third-order valence-corrected chi connectivity index (χ3v) is 3.57. The number of likely N-dealkylation sites (N-methyl/N-ethyl adjacent to an activating group) is 1. The number of piperidine rings is 1. The molecule has 1 unspecified atom stereocenters. The molecule has 5 nitrogen and oxygen atoms in total. The molecule has 0 aromatic rings. The molecule has 0 aromatic heterocycles. The highest BCUT2D eigenvalue weighted by molar-refractivity contribution is 5.85. The Labute approximate surface area is 134 Å². The fraction of sp³-hybridized carbons (Fsp3) is 0.867. The number of likely N-dealkylation sites (tertiary alicyclic amines) is 1. The van der Waals surface area contributed by atoms with Crippen molar-refractivity contribution in [2.24, 2.45) is 11.3 Å². The van der Waals surface area contributed by atoms with Gasteiger partial charge in [0.1, 0.15) is 0 Å². The van der Waals surface area contributed by atoms with Crippen molar-refractivity contribution in [3.8, 4) is 0 Å². The van der Waals surface area contributed by atoms with Crippen LogP contribution < -0.4 is 10.6 Å². The van der Waals surface area contributed by atoms with Crippen LogP contribution in [-0.2, 0) is 9.59 Å². The van der Waals surface area contributed by atoms with Crippen molar-refractivity contribution >= 4 is 24.2 Å². The molecule has 0 bridgehead atoms. The zero-order valence-corrected chi connectivity index (χ0v) is 14.5. The Balaban J connectivity index is 0.00000400. The van der Waals surface area contributed by atoms with Gasteiger partial charge in [0.05, 0.1) is 5.92 Å². The summed E-state index contributed by atoms with van der Waals surface area (Å²) in [5.41, 5.74) is -0.372. The molecular weight excluding hydrogens is 290 g/mol. The molecule has 2 amide bonds. The van der Waals surface area contributed by atoms with Crippen molar-refractivity contribution in [2.45, 2.75) is 40.5 Å². The summed E-state index contributed by atoms with van der Waals surface area (Å²) < 4.78 is 0. The zero-order valence-electron chi connectivity index (χ0n) is 13.7. The van der Waals surface area contributed by atoms with Gasteiger partial charge in [0.15, 0.2) is 0 Å². The Hall–Kier alpha value is -0.810. The van der Waals surface area contributed by atoms with E-state index < -0.39 is 0 Å². The van der Waals surface area contributed by atoms with Crippen LogP contribution >= 0.6 is 12.4 Å². The average Bonchev–Trinajstić information content (AvgIpc) is 2.41. The lowest BCUT2D eigenvalue weighted by molar-refractivity contribution is -0.142. The van der Waals surface area contributed by atoms with E-state index >= 15 is 0 Å². The Morgan fingerprint density at radius 1 is 1.24 bits per heavy atom. The van der Waals surface area contributed by atoms with Gasteiger partial charge in [-0.05, 0) is 19.4 Å². The largest absolute Gasteiger partial charge is 0.355 e. The van der Waals surface area contributed by atoms with Crippen LogP contribution in [0.1, 0.15) is 40.5 Å². The van der Waals surface area contributed by atoms with Crippen LogP contribution in [0.2, 0.25) is 0 Å². The van der Waals surface area contributed by atoms with E-state index in [0.29, 0.717) is 13.1 Å². The minimum atomic E-state index is -0.372. The van der Waals surface area contributed by atoms with E-state index in [9.17, 15) is 9.59 Å². The number of hydrogen-bond acceptors (Lipinski definition) is 3. The van der Waals surface area contributed by atoms with Gasteiger partial charge in [-0.3, -0.25) is 9.59 Å². The highest BCUT2D eigenvalue weighted by Gasteiger charge is 2.33. The molecule has 6 heteroatoms. The number of carbonyl (C=O) groups is 2. The van der Waals surface area contributed by atoms with E-state index in [-0.39, 0.29) is 35.6 Å². The first-order valence-electron chi connectivity index (χ1n) is 7.64. The lowest BCUT2D eigenvalue weighted by atomic mass is 9.91. The lowest BCUT2D eigenvalue weighted by Gasteiger charge is -2.35. The van der Waals surface area contributed by atoms with Gasteiger partial charge < -0.3 is 15.5 Å². The lowest BCUT2D eigenvalue weighted by Crippen LogP contribution is -2.49. The smallest absolute Gasteiger partial charge is 0.227 e. The average molecular weight is 320 g/mol. The van der Waals surface area contributed by atoms with Crippen molar-refractivity contribution in [3.63, 3.8) is 0 Å². The number of carbonyl (C=O) groups excluding carboxylic acids is 2. The standard InChI is InChI=1S/C15H29N3O2.ClH/c1-5-16-8-9-17-13(19)12-7-6-10-18(11-12)14(20)15(2,3)4;/h12,16H,5-11H2,1-4H3,(H,17,19);1H.